The zero-order valence-corrected chi connectivity index (χ0v) is 16.0. The maximum atomic E-state index is 12.6. The topological polar surface area (TPSA) is 81.2 Å². The van der Waals surface area contributed by atoms with Gasteiger partial charge in [0.25, 0.3) is 0 Å². The number of thioether (sulfide) groups is 1. The lowest BCUT2D eigenvalue weighted by atomic mass is 10.0. The lowest BCUT2D eigenvalue weighted by Crippen LogP contribution is -2.51. The van der Waals surface area contributed by atoms with E-state index in [9.17, 15) is 9.59 Å². The number of carbonyl (C=O) groups excluding carboxylic acids is 2. The highest BCUT2D eigenvalue weighted by Gasteiger charge is 2.30. The molecule has 2 heterocycles. The molecule has 7 heteroatoms. The fourth-order valence-corrected chi connectivity index (χ4v) is 4.16. The Morgan fingerprint density at radius 3 is 2.88 bits per heavy atom. The molecule has 0 saturated carbocycles. The second-order valence-electron chi connectivity index (χ2n) is 6.59. The highest BCUT2D eigenvalue weighted by Crippen LogP contribution is 2.25. The molecule has 0 radical (unpaired) electrons. The number of hydrogen-bond acceptors (Lipinski definition) is 4. The molecule has 2 aromatic rings. The van der Waals surface area contributed by atoms with Gasteiger partial charge in [-0.3, -0.25) is 14.2 Å². The van der Waals surface area contributed by atoms with E-state index in [1.807, 2.05) is 22.9 Å². The Kier molecular flexibility index (Phi) is 5.66. The lowest BCUT2D eigenvalue weighted by molar-refractivity contribution is -0.138. The van der Waals surface area contributed by atoms with Crippen molar-refractivity contribution in [3.63, 3.8) is 0 Å². The Morgan fingerprint density at radius 2 is 2.12 bits per heavy atom. The molecule has 6 nitrogen and oxygen atoms in total. The van der Waals surface area contributed by atoms with Gasteiger partial charge in [-0.05, 0) is 50.3 Å². The Labute approximate surface area is 157 Å². The van der Waals surface area contributed by atoms with Gasteiger partial charge in [0.05, 0.1) is 11.4 Å². The Hall–Kier alpha value is -2.28. The third kappa shape index (κ3) is 3.77. The van der Waals surface area contributed by atoms with Crippen LogP contribution in [0.25, 0.3) is 5.69 Å². The average Bonchev–Trinajstić information content (AvgIpc) is 3.10. The van der Waals surface area contributed by atoms with Crippen LogP contribution in [0.15, 0.2) is 35.7 Å². The minimum absolute atomic E-state index is 0.0611. The molecule has 1 unspecified atom stereocenters. The van der Waals surface area contributed by atoms with E-state index in [0.29, 0.717) is 13.0 Å². The van der Waals surface area contributed by atoms with Crippen LogP contribution in [0.1, 0.15) is 30.4 Å². The Balaban J connectivity index is 1.73. The molecule has 138 valence electrons. The molecule has 0 bridgehead atoms. The van der Waals surface area contributed by atoms with E-state index in [4.69, 9.17) is 5.73 Å². The number of aromatic nitrogens is 2. The highest BCUT2D eigenvalue weighted by atomic mass is 32.2. The number of likely N-dealkylation sites (tertiary alicyclic amines) is 1. The second-order valence-corrected chi connectivity index (χ2v) is 7.53. The minimum atomic E-state index is -0.476. The van der Waals surface area contributed by atoms with Gasteiger partial charge in [0.15, 0.2) is 5.16 Å². The van der Waals surface area contributed by atoms with Gasteiger partial charge in [0, 0.05) is 18.9 Å². The fraction of sp³-hybridized carbons (Fsp3) is 0.421. The number of rotatable bonds is 5. The summed E-state index contributed by atoms with van der Waals surface area (Å²) in [6.07, 6.45) is 6.14. The number of nitrogens with two attached hydrogens (primary N) is 1. The van der Waals surface area contributed by atoms with Gasteiger partial charge in [-0.25, -0.2) is 4.98 Å². The standard InChI is InChI=1S/C19H24N4O2S/c1-13-6-5-8-15(14(13)2)23-11-9-21-19(23)26-12-17(24)22-10-4-3-7-16(22)18(20)25/h5-6,8-9,11,16H,3-4,7,10,12H2,1-2H3,(H2,20,25). The molecule has 1 aromatic carbocycles. The van der Waals surface area contributed by atoms with Crippen LogP contribution in [0.3, 0.4) is 0 Å². The Bertz CT molecular complexity index is 818. The van der Waals surface area contributed by atoms with Crippen molar-refractivity contribution in [1.29, 1.82) is 0 Å². The summed E-state index contributed by atoms with van der Waals surface area (Å²) in [6.45, 7) is 4.75. The molecule has 1 aromatic heterocycles. The largest absolute Gasteiger partial charge is 0.368 e. The summed E-state index contributed by atoms with van der Waals surface area (Å²) in [5, 5.41) is 0.764. The van der Waals surface area contributed by atoms with Crippen molar-refractivity contribution in [3.8, 4) is 5.69 Å². The Morgan fingerprint density at radius 1 is 1.31 bits per heavy atom. The molecule has 0 aliphatic carbocycles. The minimum Gasteiger partial charge on any atom is -0.368 e. The fourth-order valence-electron chi connectivity index (χ4n) is 3.31. The van der Waals surface area contributed by atoms with E-state index in [0.717, 1.165) is 23.7 Å². The molecular weight excluding hydrogens is 348 g/mol. The number of amides is 2. The number of primary amides is 1. The van der Waals surface area contributed by atoms with Crippen LogP contribution in [-0.2, 0) is 9.59 Å². The average molecular weight is 372 g/mol. The first-order valence-corrected chi connectivity index (χ1v) is 9.79. The van der Waals surface area contributed by atoms with Gasteiger partial charge >= 0.3 is 0 Å². The van der Waals surface area contributed by atoms with E-state index in [1.54, 1.807) is 11.1 Å². The van der Waals surface area contributed by atoms with Crippen molar-refractivity contribution in [2.24, 2.45) is 5.73 Å². The molecule has 2 N–H and O–H groups in total. The summed E-state index contributed by atoms with van der Waals surface area (Å²) >= 11 is 1.39. The van der Waals surface area contributed by atoms with Crippen LogP contribution < -0.4 is 5.73 Å². The van der Waals surface area contributed by atoms with Gasteiger partial charge in [-0.1, -0.05) is 23.9 Å². The molecule has 0 spiro atoms. The quantitative estimate of drug-likeness (QED) is 0.818. The molecule has 3 rings (SSSR count). The maximum absolute atomic E-state index is 12.6. The van der Waals surface area contributed by atoms with Gasteiger partial charge in [-0.15, -0.1) is 0 Å². The van der Waals surface area contributed by atoms with Crippen molar-refractivity contribution in [2.75, 3.05) is 12.3 Å². The van der Waals surface area contributed by atoms with Crippen LogP contribution in [0.4, 0.5) is 0 Å². The maximum Gasteiger partial charge on any atom is 0.240 e. The summed E-state index contributed by atoms with van der Waals surface area (Å²) in [4.78, 5) is 30.3. The lowest BCUT2D eigenvalue weighted by Gasteiger charge is -2.33. The van der Waals surface area contributed by atoms with Crippen LogP contribution in [0, 0.1) is 13.8 Å². The first-order chi connectivity index (χ1) is 12.5. The van der Waals surface area contributed by atoms with Crippen LogP contribution >= 0.6 is 11.8 Å². The third-order valence-electron chi connectivity index (χ3n) is 4.92. The first-order valence-electron chi connectivity index (χ1n) is 8.80. The van der Waals surface area contributed by atoms with Crippen molar-refractivity contribution >= 4 is 23.6 Å². The van der Waals surface area contributed by atoms with Crippen molar-refractivity contribution in [1.82, 2.24) is 14.5 Å². The summed E-state index contributed by atoms with van der Waals surface area (Å²) in [7, 11) is 0. The van der Waals surface area contributed by atoms with Crippen LogP contribution in [0.5, 0.6) is 0 Å². The number of piperidine rings is 1. The molecule has 1 aliphatic rings. The van der Waals surface area contributed by atoms with E-state index in [-0.39, 0.29) is 11.7 Å². The van der Waals surface area contributed by atoms with Gasteiger partial charge in [-0.2, -0.15) is 0 Å². The molecule has 1 fully saturated rings. The zero-order valence-electron chi connectivity index (χ0n) is 15.1. The highest BCUT2D eigenvalue weighted by molar-refractivity contribution is 7.99. The van der Waals surface area contributed by atoms with Crippen molar-refractivity contribution in [2.45, 2.75) is 44.3 Å². The summed E-state index contributed by atoms with van der Waals surface area (Å²) in [5.41, 5.74) is 8.91. The smallest absolute Gasteiger partial charge is 0.240 e. The predicted octanol–water partition coefficient (Wildman–Crippen LogP) is 2.45. The zero-order chi connectivity index (χ0) is 18.7. The number of nitrogens with zero attached hydrogens (tertiary/aromatic N) is 3. The van der Waals surface area contributed by atoms with E-state index >= 15 is 0 Å². The summed E-state index contributed by atoms with van der Waals surface area (Å²) < 4.78 is 2.00. The number of aryl methyl sites for hydroxylation is 1. The predicted molar refractivity (Wildman–Crippen MR) is 102 cm³/mol. The monoisotopic (exact) mass is 372 g/mol. The summed E-state index contributed by atoms with van der Waals surface area (Å²) in [5.74, 6) is -0.236. The summed E-state index contributed by atoms with van der Waals surface area (Å²) in [6, 6.07) is 5.66. The molecule has 26 heavy (non-hydrogen) atoms. The first kappa shape index (κ1) is 18.5. The van der Waals surface area contributed by atoms with Crippen LogP contribution in [-0.4, -0.2) is 44.6 Å². The SMILES string of the molecule is Cc1cccc(-n2ccnc2SCC(=O)N2CCCCC2C(N)=O)c1C. The molecule has 2 amide bonds. The van der Waals surface area contributed by atoms with Crippen molar-refractivity contribution < 1.29 is 9.59 Å². The van der Waals surface area contributed by atoms with Gasteiger partial charge < -0.3 is 10.6 Å². The molecule has 1 aliphatic heterocycles. The molecule has 1 atom stereocenters. The van der Waals surface area contributed by atoms with E-state index < -0.39 is 11.9 Å². The van der Waals surface area contributed by atoms with E-state index in [2.05, 4.69) is 24.9 Å². The number of imidazole rings is 1. The number of carbonyl (C=O) groups is 2. The number of benzene rings is 1. The van der Waals surface area contributed by atoms with Crippen LogP contribution in [0.2, 0.25) is 0 Å². The van der Waals surface area contributed by atoms with E-state index in [1.165, 1.54) is 22.9 Å². The van der Waals surface area contributed by atoms with Gasteiger partial charge in [0.2, 0.25) is 11.8 Å². The molecule has 1 saturated heterocycles. The molecular formula is C19H24N4O2S. The third-order valence-corrected chi connectivity index (χ3v) is 5.87. The van der Waals surface area contributed by atoms with Crippen molar-refractivity contribution in [3.05, 3.63) is 41.7 Å². The number of hydrogen-bond donors (Lipinski definition) is 1. The van der Waals surface area contributed by atoms with Gasteiger partial charge in [0.1, 0.15) is 6.04 Å². The normalized spacial score (nSPS) is 17.3. The second kappa shape index (κ2) is 7.95.